The average molecular weight is 263 g/mol. The minimum Gasteiger partial charge on any atom is -0.366 e. The second-order valence-corrected chi connectivity index (χ2v) is 5.30. The molecule has 1 aliphatic carbocycles. The molecule has 1 aromatic carbocycles. The van der Waals surface area contributed by atoms with Gasteiger partial charge in [0.2, 0.25) is 0 Å². The highest BCUT2D eigenvalue weighted by Crippen LogP contribution is 2.37. The van der Waals surface area contributed by atoms with E-state index in [9.17, 15) is 10.1 Å². The first kappa shape index (κ1) is 13.8. The summed E-state index contributed by atoms with van der Waals surface area (Å²) in [5.74, 6) is 0.434. The molecule has 5 nitrogen and oxygen atoms in total. The molecule has 1 fully saturated rings. The lowest BCUT2D eigenvalue weighted by Crippen LogP contribution is -2.38. The number of nitrogens with two attached hydrogens (primary N) is 1. The van der Waals surface area contributed by atoms with E-state index >= 15 is 0 Å². The maximum absolute atomic E-state index is 11.2. The number of nitro groups is 1. The highest BCUT2D eigenvalue weighted by atomic mass is 16.6. The van der Waals surface area contributed by atoms with E-state index < -0.39 is 0 Å². The fraction of sp³-hybridized carbons (Fsp3) is 0.571. The van der Waals surface area contributed by atoms with Crippen LogP contribution in [0.2, 0.25) is 0 Å². The number of benzene rings is 1. The van der Waals surface area contributed by atoms with Gasteiger partial charge < -0.3 is 10.6 Å². The van der Waals surface area contributed by atoms with Crippen LogP contribution in [0.3, 0.4) is 0 Å². The second-order valence-electron chi connectivity index (χ2n) is 5.30. The Balaban J connectivity index is 2.38. The maximum Gasteiger partial charge on any atom is 0.292 e. The molecule has 2 unspecified atom stereocenters. The van der Waals surface area contributed by atoms with E-state index in [1.165, 1.54) is 0 Å². The van der Waals surface area contributed by atoms with Crippen molar-refractivity contribution in [3.05, 3.63) is 33.9 Å². The molecule has 0 aromatic heterocycles. The number of rotatable bonds is 4. The third kappa shape index (κ3) is 2.56. The number of nitro benzene ring substituents is 1. The van der Waals surface area contributed by atoms with E-state index in [0.717, 1.165) is 30.5 Å². The molecule has 104 valence electrons. The molecule has 0 heterocycles. The van der Waals surface area contributed by atoms with Gasteiger partial charge in [-0.05, 0) is 37.8 Å². The predicted octanol–water partition coefficient (Wildman–Crippen LogP) is 2.47. The molecule has 0 spiro atoms. The van der Waals surface area contributed by atoms with Crippen molar-refractivity contribution in [3.8, 4) is 0 Å². The van der Waals surface area contributed by atoms with Crippen molar-refractivity contribution in [2.75, 3.05) is 18.5 Å². The van der Waals surface area contributed by atoms with E-state index in [1.807, 2.05) is 20.0 Å². The molecule has 0 saturated heterocycles. The molecule has 0 aliphatic heterocycles. The predicted molar refractivity (Wildman–Crippen MR) is 76.4 cm³/mol. The average Bonchev–Trinajstić information content (AvgIpc) is 2.85. The smallest absolute Gasteiger partial charge is 0.292 e. The number of hydrogen-bond donors (Lipinski definition) is 1. The summed E-state index contributed by atoms with van der Waals surface area (Å²) >= 11 is 0. The third-order valence-corrected chi connectivity index (χ3v) is 4.19. The van der Waals surface area contributed by atoms with Crippen LogP contribution in [0.5, 0.6) is 0 Å². The van der Waals surface area contributed by atoms with E-state index in [1.54, 1.807) is 12.1 Å². The van der Waals surface area contributed by atoms with Crippen molar-refractivity contribution in [3.63, 3.8) is 0 Å². The quantitative estimate of drug-likeness (QED) is 0.669. The van der Waals surface area contributed by atoms with Gasteiger partial charge in [-0.15, -0.1) is 0 Å². The fourth-order valence-corrected chi connectivity index (χ4v) is 3.22. The molecule has 5 heteroatoms. The largest absolute Gasteiger partial charge is 0.366 e. The van der Waals surface area contributed by atoms with Crippen molar-refractivity contribution in [2.24, 2.45) is 11.7 Å². The topological polar surface area (TPSA) is 72.4 Å². The number of nitrogens with zero attached hydrogens (tertiary/aromatic N) is 2. The van der Waals surface area contributed by atoms with Gasteiger partial charge in [-0.2, -0.15) is 0 Å². The first-order valence-electron chi connectivity index (χ1n) is 6.73. The van der Waals surface area contributed by atoms with Gasteiger partial charge in [0.15, 0.2) is 0 Å². The monoisotopic (exact) mass is 263 g/mol. The molecule has 1 aliphatic rings. The van der Waals surface area contributed by atoms with Crippen LogP contribution in [-0.2, 0) is 0 Å². The summed E-state index contributed by atoms with van der Waals surface area (Å²) in [6.45, 7) is 2.57. The Kier molecular flexibility index (Phi) is 4.04. The van der Waals surface area contributed by atoms with Gasteiger partial charge in [-0.25, -0.2) is 0 Å². The maximum atomic E-state index is 11.2. The molecule has 0 amide bonds. The van der Waals surface area contributed by atoms with E-state index in [2.05, 4.69) is 4.90 Å². The van der Waals surface area contributed by atoms with Gasteiger partial charge >= 0.3 is 0 Å². The van der Waals surface area contributed by atoms with Crippen molar-refractivity contribution in [2.45, 2.75) is 32.2 Å². The van der Waals surface area contributed by atoms with Crippen LogP contribution in [0.4, 0.5) is 11.4 Å². The highest BCUT2D eigenvalue weighted by Gasteiger charge is 2.32. The molecule has 2 rings (SSSR count). The van der Waals surface area contributed by atoms with Gasteiger partial charge in [-0.1, -0.05) is 18.6 Å². The summed E-state index contributed by atoms with van der Waals surface area (Å²) < 4.78 is 0. The first-order chi connectivity index (χ1) is 9.06. The van der Waals surface area contributed by atoms with Crippen molar-refractivity contribution in [1.29, 1.82) is 0 Å². The van der Waals surface area contributed by atoms with Gasteiger partial charge in [-0.3, -0.25) is 10.1 Å². The van der Waals surface area contributed by atoms with Gasteiger partial charge in [0, 0.05) is 19.2 Å². The standard InChI is InChI=1S/C14H21N3O2/c1-10-5-3-8-13(17(18)19)14(10)16(2)12-7-4-6-11(12)9-15/h3,5,8,11-12H,4,6-7,9,15H2,1-2H3. The van der Waals surface area contributed by atoms with E-state index in [0.29, 0.717) is 18.5 Å². The first-order valence-corrected chi connectivity index (χ1v) is 6.73. The molecule has 19 heavy (non-hydrogen) atoms. The number of anilines is 1. The summed E-state index contributed by atoms with van der Waals surface area (Å²) in [6, 6.07) is 5.54. The van der Waals surface area contributed by atoms with Crippen LogP contribution >= 0.6 is 0 Å². The normalized spacial score (nSPS) is 22.5. The summed E-state index contributed by atoms with van der Waals surface area (Å²) in [6.07, 6.45) is 3.32. The number of hydrogen-bond acceptors (Lipinski definition) is 4. The van der Waals surface area contributed by atoms with Gasteiger partial charge in [0.25, 0.3) is 5.69 Å². The van der Waals surface area contributed by atoms with Crippen molar-refractivity contribution >= 4 is 11.4 Å². The van der Waals surface area contributed by atoms with Crippen LogP contribution in [0.1, 0.15) is 24.8 Å². The Labute approximate surface area is 113 Å². The Hall–Kier alpha value is -1.62. The summed E-state index contributed by atoms with van der Waals surface area (Å²) in [5, 5.41) is 11.2. The Bertz CT molecular complexity index is 476. The molecule has 0 radical (unpaired) electrons. The second kappa shape index (κ2) is 5.57. The van der Waals surface area contributed by atoms with Crippen LogP contribution in [0.15, 0.2) is 18.2 Å². The van der Waals surface area contributed by atoms with Gasteiger partial charge in [0.05, 0.1) is 4.92 Å². The van der Waals surface area contributed by atoms with Crippen LogP contribution in [-0.4, -0.2) is 24.6 Å². The Morgan fingerprint density at radius 1 is 1.47 bits per heavy atom. The molecular formula is C14H21N3O2. The molecule has 2 atom stereocenters. The molecule has 2 N–H and O–H groups in total. The molecular weight excluding hydrogens is 242 g/mol. The third-order valence-electron chi connectivity index (χ3n) is 4.19. The Morgan fingerprint density at radius 2 is 2.21 bits per heavy atom. The highest BCUT2D eigenvalue weighted by molar-refractivity contribution is 5.67. The SMILES string of the molecule is Cc1cccc([N+](=O)[O-])c1N(C)C1CCCC1CN. The zero-order valence-corrected chi connectivity index (χ0v) is 11.5. The van der Waals surface area contributed by atoms with Gasteiger partial charge in [0.1, 0.15) is 5.69 Å². The number of para-hydroxylation sites is 1. The van der Waals surface area contributed by atoms with Crippen molar-refractivity contribution < 1.29 is 4.92 Å². The van der Waals surface area contributed by atoms with E-state index in [4.69, 9.17) is 5.73 Å². The van der Waals surface area contributed by atoms with Crippen LogP contribution in [0.25, 0.3) is 0 Å². The van der Waals surface area contributed by atoms with Crippen LogP contribution < -0.4 is 10.6 Å². The van der Waals surface area contributed by atoms with E-state index in [-0.39, 0.29) is 10.6 Å². The molecule has 1 aromatic rings. The molecule has 0 bridgehead atoms. The summed E-state index contributed by atoms with van der Waals surface area (Å²) in [5.41, 5.74) is 7.68. The lowest BCUT2D eigenvalue weighted by Gasteiger charge is -2.31. The fourth-order valence-electron chi connectivity index (χ4n) is 3.22. The zero-order chi connectivity index (χ0) is 14.0. The lowest BCUT2D eigenvalue weighted by atomic mass is 10.0. The zero-order valence-electron chi connectivity index (χ0n) is 11.5. The summed E-state index contributed by atoms with van der Waals surface area (Å²) in [7, 11) is 1.95. The summed E-state index contributed by atoms with van der Waals surface area (Å²) in [4.78, 5) is 13.0. The number of aryl methyl sites for hydroxylation is 1. The minimum atomic E-state index is -0.300. The molecule has 1 saturated carbocycles. The van der Waals surface area contributed by atoms with Crippen LogP contribution in [0, 0.1) is 23.0 Å². The van der Waals surface area contributed by atoms with Crippen molar-refractivity contribution in [1.82, 2.24) is 0 Å². The Morgan fingerprint density at radius 3 is 2.84 bits per heavy atom. The minimum absolute atomic E-state index is 0.185. The lowest BCUT2D eigenvalue weighted by molar-refractivity contribution is -0.384.